The number of carbonyl (C=O) groups excluding carboxylic acids is 1. The Labute approximate surface area is 82.2 Å². The van der Waals surface area contributed by atoms with Crippen molar-refractivity contribution in [2.45, 2.75) is 26.2 Å². The molecule has 0 radical (unpaired) electrons. The van der Waals surface area contributed by atoms with Crippen LogP contribution in [0.1, 0.15) is 26.2 Å². The first-order valence-corrected chi connectivity index (χ1v) is 5.71. The normalized spacial score (nSPS) is 28.8. The van der Waals surface area contributed by atoms with Gasteiger partial charge in [0.25, 0.3) is 0 Å². The maximum absolute atomic E-state index is 11.5. The van der Waals surface area contributed by atoms with Gasteiger partial charge in [0.1, 0.15) is 0 Å². The van der Waals surface area contributed by atoms with Crippen LogP contribution in [-0.2, 0) is 4.79 Å². The molecule has 1 fully saturated rings. The minimum atomic E-state index is 0.249. The van der Waals surface area contributed by atoms with Gasteiger partial charge in [0.05, 0.1) is 0 Å². The second-order valence-corrected chi connectivity index (χ2v) is 4.29. The Morgan fingerprint density at radius 1 is 1.58 bits per heavy atom. The van der Waals surface area contributed by atoms with Crippen LogP contribution in [0.25, 0.3) is 0 Å². The summed E-state index contributed by atoms with van der Waals surface area (Å²) in [5.74, 6) is 1.11. The van der Waals surface area contributed by atoms with E-state index in [1.165, 1.54) is 12.8 Å². The van der Waals surface area contributed by atoms with Crippen molar-refractivity contribution in [2.24, 2.45) is 11.8 Å². The van der Waals surface area contributed by atoms with Crippen molar-refractivity contribution in [3.05, 3.63) is 0 Å². The summed E-state index contributed by atoms with van der Waals surface area (Å²) in [6, 6.07) is 0. The molecule has 2 nitrogen and oxygen atoms in total. The number of hydrogen-bond acceptors (Lipinski definition) is 1. The number of nitrogens with one attached hydrogen (secondary N) is 1. The zero-order chi connectivity index (χ0) is 8.97. The lowest BCUT2D eigenvalue weighted by atomic mass is 9.97. The largest absolute Gasteiger partial charge is 0.355 e. The molecular formula is C9H16BrNO. The molecule has 0 aromatic heterocycles. The van der Waals surface area contributed by atoms with Crippen LogP contribution < -0.4 is 5.32 Å². The quantitative estimate of drug-likeness (QED) is 0.743. The summed E-state index contributed by atoms with van der Waals surface area (Å²) in [5.41, 5.74) is 0. The molecule has 1 saturated carbocycles. The summed E-state index contributed by atoms with van der Waals surface area (Å²) in [6.45, 7) is 2.92. The Kier molecular flexibility index (Phi) is 4.06. The maximum Gasteiger partial charge on any atom is 0.223 e. The molecule has 0 spiro atoms. The van der Waals surface area contributed by atoms with Crippen LogP contribution in [0.5, 0.6) is 0 Å². The molecule has 1 aliphatic carbocycles. The van der Waals surface area contributed by atoms with Gasteiger partial charge >= 0.3 is 0 Å². The topological polar surface area (TPSA) is 29.1 Å². The Morgan fingerprint density at radius 3 is 2.83 bits per heavy atom. The first kappa shape index (κ1) is 10.0. The fourth-order valence-electron chi connectivity index (χ4n) is 1.84. The molecule has 0 saturated heterocycles. The third-order valence-electron chi connectivity index (χ3n) is 2.59. The summed E-state index contributed by atoms with van der Waals surface area (Å²) in [4.78, 5) is 11.5. The third-order valence-corrected chi connectivity index (χ3v) is 2.99. The van der Waals surface area contributed by atoms with Crippen LogP contribution in [-0.4, -0.2) is 17.8 Å². The molecule has 0 bridgehead atoms. The molecule has 1 amide bonds. The SMILES string of the molecule is CC1CCCC1C(=O)NCCBr. The van der Waals surface area contributed by atoms with Gasteiger partial charge in [-0.15, -0.1) is 0 Å². The van der Waals surface area contributed by atoms with Gasteiger partial charge in [0, 0.05) is 17.8 Å². The Morgan fingerprint density at radius 2 is 2.33 bits per heavy atom. The molecule has 0 aliphatic heterocycles. The number of amides is 1. The van der Waals surface area contributed by atoms with E-state index in [0.717, 1.165) is 18.3 Å². The van der Waals surface area contributed by atoms with Crippen molar-refractivity contribution >= 4 is 21.8 Å². The highest BCUT2D eigenvalue weighted by molar-refractivity contribution is 9.09. The van der Waals surface area contributed by atoms with Gasteiger partial charge in [-0.25, -0.2) is 0 Å². The van der Waals surface area contributed by atoms with Crippen molar-refractivity contribution in [2.75, 3.05) is 11.9 Å². The lowest BCUT2D eigenvalue weighted by molar-refractivity contribution is -0.125. The third kappa shape index (κ3) is 2.47. The smallest absolute Gasteiger partial charge is 0.223 e. The Bertz CT molecular complexity index is 161. The molecule has 1 rings (SSSR count). The zero-order valence-corrected chi connectivity index (χ0v) is 9.06. The van der Waals surface area contributed by atoms with Gasteiger partial charge in [0.2, 0.25) is 5.91 Å². The minimum Gasteiger partial charge on any atom is -0.355 e. The van der Waals surface area contributed by atoms with Crippen molar-refractivity contribution in [1.29, 1.82) is 0 Å². The zero-order valence-electron chi connectivity index (χ0n) is 7.48. The number of rotatable bonds is 3. The molecule has 1 aliphatic rings. The van der Waals surface area contributed by atoms with E-state index in [1.807, 2.05) is 0 Å². The van der Waals surface area contributed by atoms with E-state index in [4.69, 9.17) is 0 Å². The maximum atomic E-state index is 11.5. The second-order valence-electron chi connectivity index (χ2n) is 3.49. The van der Waals surface area contributed by atoms with Crippen LogP contribution in [0.15, 0.2) is 0 Å². The lowest BCUT2D eigenvalue weighted by Gasteiger charge is -2.14. The first-order chi connectivity index (χ1) is 5.75. The van der Waals surface area contributed by atoms with Gasteiger partial charge in [-0.2, -0.15) is 0 Å². The van der Waals surface area contributed by atoms with E-state index in [-0.39, 0.29) is 11.8 Å². The van der Waals surface area contributed by atoms with Crippen molar-refractivity contribution in [3.63, 3.8) is 0 Å². The number of halogens is 1. The highest BCUT2D eigenvalue weighted by Crippen LogP contribution is 2.30. The van der Waals surface area contributed by atoms with Crippen molar-refractivity contribution in [3.8, 4) is 0 Å². The standard InChI is InChI=1S/C9H16BrNO/c1-7-3-2-4-8(7)9(12)11-6-5-10/h7-8H,2-6H2,1H3,(H,11,12). The van der Waals surface area contributed by atoms with Crippen molar-refractivity contribution < 1.29 is 4.79 Å². The summed E-state index contributed by atoms with van der Waals surface area (Å²) in [7, 11) is 0. The molecule has 1 N–H and O–H groups in total. The molecule has 0 aromatic rings. The van der Waals surface area contributed by atoms with Crippen LogP contribution in [0.3, 0.4) is 0 Å². The predicted octanol–water partition coefficient (Wildman–Crippen LogP) is 1.93. The van der Waals surface area contributed by atoms with E-state index in [9.17, 15) is 4.79 Å². The lowest BCUT2D eigenvalue weighted by Crippen LogP contribution is -2.33. The molecule has 0 aromatic carbocycles. The summed E-state index contributed by atoms with van der Waals surface area (Å²) in [6.07, 6.45) is 3.51. The average molecular weight is 234 g/mol. The van der Waals surface area contributed by atoms with Crippen LogP contribution in [0.4, 0.5) is 0 Å². The molecule has 2 atom stereocenters. The summed E-state index contributed by atoms with van der Waals surface area (Å²) < 4.78 is 0. The molecule has 2 unspecified atom stereocenters. The monoisotopic (exact) mass is 233 g/mol. The highest BCUT2D eigenvalue weighted by Gasteiger charge is 2.28. The van der Waals surface area contributed by atoms with E-state index >= 15 is 0 Å². The van der Waals surface area contributed by atoms with Gasteiger partial charge in [-0.3, -0.25) is 4.79 Å². The Hall–Kier alpha value is -0.0500. The summed E-state index contributed by atoms with van der Waals surface area (Å²) >= 11 is 3.29. The molecule has 0 heterocycles. The first-order valence-electron chi connectivity index (χ1n) is 4.59. The second kappa shape index (κ2) is 4.85. The number of alkyl halides is 1. The van der Waals surface area contributed by atoms with Gasteiger partial charge in [0.15, 0.2) is 0 Å². The number of hydrogen-bond donors (Lipinski definition) is 1. The van der Waals surface area contributed by atoms with Crippen LogP contribution in [0, 0.1) is 11.8 Å². The minimum absolute atomic E-state index is 0.249. The molecule has 70 valence electrons. The fourth-order valence-corrected chi connectivity index (χ4v) is 2.03. The van der Waals surface area contributed by atoms with Crippen LogP contribution >= 0.6 is 15.9 Å². The van der Waals surface area contributed by atoms with Crippen LogP contribution in [0.2, 0.25) is 0 Å². The molecule has 3 heteroatoms. The average Bonchev–Trinajstić information content (AvgIpc) is 2.47. The van der Waals surface area contributed by atoms with E-state index in [1.54, 1.807) is 0 Å². The molecule has 12 heavy (non-hydrogen) atoms. The van der Waals surface area contributed by atoms with E-state index in [2.05, 4.69) is 28.2 Å². The summed E-state index contributed by atoms with van der Waals surface area (Å²) in [5, 5.41) is 3.77. The highest BCUT2D eigenvalue weighted by atomic mass is 79.9. The Balaban J connectivity index is 2.30. The van der Waals surface area contributed by atoms with Gasteiger partial charge in [-0.05, 0) is 18.8 Å². The predicted molar refractivity (Wildman–Crippen MR) is 53.3 cm³/mol. The number of carbonyl (C=O) groups is 1. The van der Waals surface area contributed by atoms with Crippen molar-refractivity contribution in [1.82, 2.24) is 5.32 Å². The fraction of sp³-hybridized carbons (Fsp3) is 0.889. The van der Waals surface area contributed by atoms with Gasteiger partial charge < -0.3 is 5.32 Å². The van der Waals surface area contributed by atoms with E-state index in [0.29, 0.717) is 5.92 Å². The molecular weight excluding hydrogens is 218 g/mol. The van der Waals surface area contributed by atoms with E-state index < -0.39 is 0 Å². The van der Waals surface area contributed by atoms with Gasteiger partial charge in [-0.1, -0.05) is 29.3 Å².